The molecule has 1 atom stereocenters. The van der Waals surface area contributed by atoms with Crippen molar-refractivity contribution in [1.82, 2.24) is 10.2 Å². The molecule has 142 valence electrons. The summed E-state index contributed by atoms with van der Waals surface area (Å²) in [5.74, 6) is -0.423. The van der Waals surface area contributed by atoms with Gasteiger partial charge in [0.2, 0.25) is 5.91 Å². The van der Waals surface area contributed by atoms with E-state index in [0.29, 0.717) is 19.4 Å². The second-order valence-electron chi connectivity index (χ2n) is 7.63. The third kappa shape index (κ3) is 3.75. The normalized spacial score (nSPS) is 23.0. The van der Waals surface area contributed by atoms with E-state index in [1.807, 2.05) is 13.8 Å². The van der Waals surface area contributed by atoms with Gasteiger partial charge in [0.15, 0.2) is 0 Å². The highest BCUT2D eigenvalue weighted by atomic mass is 16.5. The second-order valence-corrected chi connectivity index (χ2v) is 7.63. The summed E-state index contributed by atoms with van der Waals surface area (Å²) in [5, 5.41) is 2.81. The van der Waals surface area contributed by atoms with Gasteiger partial charge in [0.25, 0.3) is 0 Å². The van der Waals surface area contributed by atoms with Gasteiger partial charge < -0.3 is 19.7 Å². The van der Waals surface area contributed by atoms with Gasteiger partial charge in [0.1, 0.15) is 5.54 Å². The number of esters is 1. The zero-order chi connectivity index (χ0) is 18.7. The molecule has 1 saturated heterocycles. The van der Waals surface area contributed by atoms with Crippen molar-refractivity contribution in [1.29, 1.82) is 0 Å². The molecule has 0 spiro atoms. The van der Waals surface area contributed by atoms with Crippen LogP contribution in [0.5, 0.6) is 0 Å². The fraction of sp³-hybridized carbons (Fsp3) is 0.833. The van der Waals surface area contributed by atoms with Crippen molar-refractivity contribution in [2.24, 2.45) is 5.41 Å². The molecule has 0 radical (unpaired) electrons. The Kier molecular flexibility index (Phi) is 5.95. The van der Waals surface area contributed by atoms with Crippen molar-refractivity contribution in [2.75, 3.05) is 20.8 Å². The quantitative estimate of drug-likeness (QED) is 0.783. The highest BCUT2D eigenvalue weighted by molar-refractivity contribution is 5.91. The SMILES string of the molecule is COC(=O)NC1(C(=O)N2CCCC2C(C)(C)C(=O)OC)CCCCC1. The third-order valence-corrected chi connectivity index (χ3v) is 5.70. The maximum Gasteiger partial charge on any atom is 0.407 e. The fourth-order valence-corrected chi connectivity index (χ4v) is 4.23. The molecule has 2 amide bonds. The summed E-state index contributed by atoms with van der Waals surface area (Å²) in [6.45, 7) is 4.22. The number of hydrogen-bond donors (Lipinski definition) is 1. The first-order valence-corrected chi connectivity index (χ1v) is 9.04. The van der Waals surface area contributed by atoms with Crippen molar-refractivity contribution < 1.29 is 23.9 Å². The Labute approximate surface area is 149 Å². The molecule has 0 aromatic carbocycles. The molecule has 1 aliphatic carbocycles. The van der Waals surface area contributed by atoms with E-state index in [9.17, 15) is 14.4 Å². The summed E-state index contributed by atoms with van der Waals surface area (Å²) >= 11 is 0. The van der Waals surface area contributed by atoms with Crippen molar-refractivity contribution >= 4 is 18.0 Å². The van der Waals surface area contributed by atoms with E-state index in [2.05, 4.69) is 5.32 Å². The lowest BCUT2D eigenvalue weighted by atomic mass is 9.78. The van der Waals surface area contributed by atoms with Gasteiger partial charge in [-0.15, -0.1) is 0 Å². The Morgan fingerprint density at radius 1 is 1.04 bits per heavy atom. The van der Waals surface area contributed by atoms with E-state index in [-0.39, 0.29) is 17.9 Å². The minimum absolute atomic E-state index is 0.0999. The summed E-state index contributed by atoms with van der Waals surface area (Å²) in [6.07, 6.45) is 5.02. The molecule has 2 aliphatic rings. The van der Waals surface area contributed by atoms with Crippen molar-refractivity contribution in [3.05, 3.63) is 0 Å². The van der Waals surface area contributed by atoms with Gasteiger partial charge in [0, 0.05) is 12.6 Å². The minimum Gasteiger partial charge on any atom is -0.469 e. The molecule has 25 heavy (non-hydrogen) atoms. The van der Waals surface area contributed by atoms with Crippen LogP contribution in [0.2, 0.25) is 0 Å². The lowest BCUT2D eigenvalue weighted by molar-refractivity contribution is -0.157. The van der Waals surface area contributed by atoms with E-state index in [0.717, 1.165) is 32.1 Å². The van der Waals surface area contributed by atoms with Crippen LogP contribution in [0, 0.1) is 5.41 Å². The number of amides is 2. The molecule has 1 heterocycles. The summed E-state index contributed by atoms with van der Waals surface area (Å²) < 4.78 is 9.69. The monoisotopic (exact) mass is 354 g/mol. The molecule has 1 aliphatic heterocycles. The second kappa shape index (κ2) is 7.62. The van der Waals surface area contributed by atoms with Crippen molar-refractivity contribution in [3.8, 4) is 0 Å². The molecule has 2 fully saturated rings. The number of rotatable bonds is 4. The maximum absolute atomic E-state index is 13.4. The van der Waals surface area contributed by atoms with Crippen LogP contribution < -0.4 is 5.32 Å². The lowest BCUT2D eigenvalue weighted by Gasteiger charge is -2.43. The van der Waals surface area contributed by atoms with E-state index < -0.39 is 17.0 Å². The van der Waals surface area contributed by atoms with E-state index in [1.54, 1.807) is 4.90 Å². The van der Waals surface area contributed by atoms with Crippen LogP contribution in [0.15, 0.2) is 0 Å². The molecule has 7 nitrogen and oxygen atoms in total. The van der Waals surface area contributed by atoms with Gasteiger partial charge in [-0.3, -0.25) is 9.59 Å². The van der Waals surface area contributed by atoms with Gasteiger partial charge in [-0.1, -0.05) is 19.3 Å². The first-order chi connectivity index (χ1) is 11.8. The summed E-state index contributed by atoms with van der Waals surface area (Å²) in [6, 6.07) is -0.231. The third-order valence-electron chi connectivity index (χ3n) is 5.70. The highest BCUT2D eigenvalue weighted by Crippen LogP contribution is 2.38. The molecule has 2 rings (SSSR count). The number of carbonyl (C=O) groups excluding carboxylic acids is 3. The molecule has 1 saturated carbocycles. The minimum atomic E-state index is -0.930. The maximum atomic E-state index is 13.4. The topological polar surface area (TPSA) is 84.9 Å². The fourth-order valence-electron chi connectivity index (χ4n) is 4.23. The lowest BCUT2D eigenvalue weighted by Crippen LogP contribution is -2.63. The summed E-state index contributed by atoms with van der Waals surface area (Å²) in [7, 11) is 2.67. The van der Waals surface area contributed by atoms with Gasteiger partial charge >= 0.3 is 12.1 Å². The number of likely N-dealkylation sites (tertiary alicyclic amines) is 1. The van der Waals surface area contributed by atoms with Gasteiger partial charge in [-0.2, -0.15) is 0 Å². The van der Waals surface area contributed by atoms with Gasteiger partial charge in [-0.05, 0) is 39.5 Å². The van der Waals surface area contributed by atoms with Crippen LogP contribution in [0.3, 0.4) is 0 Å². The van der Waals surface area contributed by atoms with Crippen LogP contribution in [-0.2, 0) is 19.1 Å². The number of carbonyl (C=O) groups is 3. The first kappa shape index (κ1) is 19.5. The average Bonchev–Trinajstić information content (AvgIpc) is 3.11. The zero-order valence-corrected chi connectivity index (χ0v) is 15.7. The number of alkyl carbamates (subject to hydrolysis) is 1. The number of methoxy groups -OCH3 is 2. The van der Waals surface area contributed by atoms with Crippen LogP contribution in [0.1, 0.15) is 58.8 Å². The molecule has 0 aromatic heterocycles. The molecular formula is C18H30N2O5. The first-order valence-electron chi connectivity index (χ1n) is 9.04. The Balaban J connectivity index is 2.28. The number of nitrogens with zero attached hydrogens (tertiary/aromatic N) is 1. The summed E-state index contributed by atoms with van der Waals surface area (Å²) in [5.41, 5.74) is -1.72. The predicted molar refractivity (Wildman–Crippen MR) is 91.9 cm³/mol. The Morgan fingerprint density at radius 3 is 2.24 bits per heavy atom. The average molecular weight is 354 g/mol. The van der Waals surface area contributed by atoms with Crippen LogP contribution in [-0.4, -0.2) is 55.2 Å². The van der Waals surface area contributed by atoms with Crippen LogP contribution >= 0.6 is 0 Å². The largest absolute Gasteiger partial charge is 0.469 e. The summed E-state index contributed by atoms with van der Waals surface area (Å²) in [4.78, 5) is 39.3. The zero-order valence-electron chi connectivity index (χ0n) is 15.7. The highest BCUT2D eigenvalue weighted by Gasteiger charge is 2.51. The number of ether oxygens (including phenoxy) is 2. The molecule has 1 unspecified atom stereocenters. The number of nitrogens with one attached hydrogen (secondary N) is 1. The number of hydrogen-bond acceptors (Lipinski definition) is 5. The van der Waals surface area contributed by atoms with E-state index in [4.69, 9.17) is 9.47 Å². The van der Waals surface area contributed by atoms with E-state index in [1.165, 1.54) is 14.2 Å². The Bertz CT molecular complexity index is 526. The molecular weight excluding hydrogens is 324 g/mol. The molecule has 0 aromatic rings. The van der Waals surface area contributed by atoms with E-state index >= 15 is 0 Å². The van der Waals surface area contributed by atoms with Crippen LogP contribution in [0.4, 0.5) is 4.79 Å². The van der Waals surface area contributed by atoms with Gasteiger partial charge in [-0.25, -0.2) is 4.79 Å². The standard InChI is InChI=1S/C18H30N2O5/c1-17(2,15(22)24-3)13-9-8-12-20(13)14(21)18(19-16(23)25-4)10-6-5-7-11-18/h13H,5-12H2,1-4H3,(H,19,23). The van der Waals surface area contributed by atoms with Crippen molar-refractivity contribution in [2.45, 2.75) is 70.4 Å². The molecule has 0 bridgehead atoms. The van der Waals surface area contributed by atoms with Crippen LogP contribution in [0.25, 0.3) is 0 Å². The molecule has 1 N–H and O–H groups in total. The Hall–Kier alpha value is -1.79. The van der Waals surface area contributed by atoms with Gasteiger partial charge in [0.05, 0.1) is 19.6 Å². The smallest absolute Gasteiger partial charge is 0.407 e. The van der Waals surface area contributed by atoms with Crippen molar-refractivity contribution in [3.63, 3.8) is 0 Å². The molecule has 7 heteroatoms. The Morgan fingerprint density at radius 2 is 1.68 bits per heavy atom. The predicted octanol–water partition coefficient (Wildman–Crippen LogP) is 2.24.